The van der Waals surface area contributed by atoms with E-state index in [2.05, 4.69) is 4.98 Å². The molecule has 2 rings (SSSR count). The van der Waals surface area contributed by atoms with E-state index in [4.69, 9.17) is 4.74 Å². The third-order valence-electron chi connectivity index (χ3n) is 2.62. The number of nitro benzene ring substituents is 1. The zero-order valence-corrected chi connectivity index (χ0v) is 10.1. The molecule has 0 amide bonds. The first-order valence-corrected chi connectivity index (χ1v) is 5.43. The van der Waals surface area contributed by atoms with E-state index < -0.39 is 4.92 Å². The van der Waals surface area contributed by atoms with Gasteiger partial charge < -0.3 is 9.30 Å². The largest absolute Gasteiger partial charge is 0.487 e. The number of aryl methyl sites for hydroxylation is 1. The minimum atomic E-state index is -0.558. The minimum absolute atomic E-state index is 0.144. The predicted molar refractivity (Wildman–Crippen MR) is 66.0 cm³/mol. The molecule has 0 N–H and O–H groups in total. The standard InChI is InChI=1S/C12H11N3O4/c1-14-8-13-5-11(14)7-19-12-3-2-10(15(17)18)4-9(12)6-16/h2-6,8H,7H2,1H3. The molecule has 0 aliphatic heterocycles. The minimum Gasteiger partial charge on any atom is -0.487 e. The molecular formula is C12H11N3O4. The number of imidazole rings is 1. The second-order valence-electron chi connectivity index (χ2n) is 3.88. The van der Waals surface area contributed by atoms with Gasteiger partial charge in [-0.05, 0) is 6.07 Å². The van der Waals surface area contributed by atoms with Crippen LogP contribution in [0.15, 0.2) is 30.7 Å². The van der Waals surface area contributed by atoms with E-state index in [0.717, 1.165) is 5.69 Å². The summed E-state index contributed by atoms with van der Waals surface area (Å²) in [6.45, 7) is 0.231. The zero-order chi connectivity index (χ0) is 13.8. The Kier molecular flexibility index (Phi) is 3.56. The summed E-state index contributed by atoms with van der Waals surface area (Å²) < 4.78 is 7.26. The van der Waals surface area contributed by atoms with Crippen LogP contribution in [0.4, 0.5) is 5.69 Å². The molecule has 0 radical (unpaired) electrons. The first-order chi connectivity index (χ1) is 9.11. The molecule has 0 spiro atoms. The molecule has 0 saturated heterocycles. The number of benzene rings is 1. The molecule has 1 heterocycles. The van der Waals surface area contributed by atoms with Crippen molar-refractivity contribution in [1.29, 1.82) is 0 Å². The van der Waals surface area contributed by atoms with Crippen molar-refractivity contribution in [2.75, 3.05) is 0 Å². The van der Waals surface area contributed by atoms with Gasteiger partial charge in [0.2, 0.25) is 0 Å². The van der Waals surface area contributed by atoms with Crippen molar-refractivity contribution in [2.24, 2.45) is 7.05 Å². The monoisotopic (exact) mass is 261 g/mol. The van der Waals surface area contributed by atoms with Gasteiger partial charge in [0, 0.05) is 19.2 Å². The van der Waals surface area contributed by atoms with E-state index in [1.165, 1.54) is 18.2 Å². The quantitative estimate of drug-likeness (QED) is 0.464. The van der Waals surface area contributed by atoms with Crippen LogP contribution in [0, 0.1) is 10.1 Å². The third-order valence-corrected chi connectivity index (χ3v) is 2.62. The zero-order valence-electron chi connectivity index (χ0n) is 10.1. The summed E-state index contributed by atoms with van der Waals surface area (Å²) in [6.07, 6.45) is 3.81. The number of nitro groups is 1. The molecule has 0 bridgehead atoms. The molecule has 0 aliphatic rings. The van der Waals surface area contributed by atoms with Gasteiger partial charge in [-0.25, -0.2) is 4.98 Å². The Labute approximate surface area is 108 Å². The van der Waals surface area contributed by atoms with Crippen LogP contribution in [0.5, 0.6) is 5.75 Å². The van der Waals surface area contributed by atoms with Gasteiger partial charge in [-0.3, -0.25) is 14.9 Å². The van der Waals surface area contributed by atoms with Crippen LogP contribution < -0.4 is 4.74 Å². The normalized spacial score (nSPS) is 10.2. The molecule has 7 heteroatoms. The number of hydrogen-bond donors (Lipinski definition) is 0. The number of carbonyl (C=O) groups excluding carboxylic acids is 1. The van der Waals surface area contributed by atoms with E-state index in [9.17, 15) is 14.9 Å². The van der Waals surface area contributed by atoms with Crippen LogP contribution in [0.25, 0.3) is 0 Å². The third kappa shape index (κ3) is 2.76. The Morgan fingerprint density at radius 2 is 2.32 bits per heavy atom. The van der Waals surface area contributed by atoms with Gasteiger partial charge in [0.05, 0.1) is 28.7 Å². The smallest absolute Gasteiger partial charge is 0.270 e. The molecule has 0 atom stereocenters. The Bertz CT molecular complexity index is 621. The second kappa shape index (κ2) is 5.30. The van der Waals surface area contributed by atoms with Gasteiger partial charge in [0.15, 0.2) is 6.29 Å². The van der Waals surface area contributed by atoms with Crippen LogP contribution in [0.1, 0.15) is 16.1 Å². The second-order valence-corrected chi connectivity index (χ2v) is 3.88. The molecule has 0 fully saturated rings. The topological polar surface area (TPSA) is 87.3 Å². The van der Waals surface area contributed by atoms with Gasteiger partial charge in [-0.2, -0.15) is 0 Å². The molecule has 7 nitrogen and oxygen atoms in total. The summed E-state index contributed by atoms with van der Waals surface area (Å²) >= 11 is 0. The SMILES string of the molecule is Cn1cncc1COc1ccc([N+](=O)[O-])cc1C=O. The molecule has 0 unspecified atom stereocenters. The number of aromatic nitrogens is 2. The van der Waals surface area contributed by atoms with E-state index >= 15 is 0 Å². The highest BCUT2D eigenvalue weighted by molar-refractivity contribution is 5.80. The lowest BCUT2D eigenvalue weighted by molar-refractivity contribution is -0.384. The van der Waals surface area contributed by atoms with Gasteiger partial charge in [-0.15, -0.1) is 0 Å². The summed E-state index contributed by atoms with van der Waals surface area (Å²) in [7, 11) is 1.82. The fraction of sp³-hybridized carbons (Fsp3) is 0.167. The number of nitrogens with zero attached hydrogens (tertiary/aromatic N) is 3. The first kappa shape index (κ1) is 12.7. The van der Waals surface area contributed by atoms with Crippen molar-refractivity contribution in [3.8, 4) is 5.75 Å². The van der Waals surface area contributed by atoms with E-state index in [1.807, 2.05) is 7.05 Å². The fourth-order valence-corrected chi connectivity index (χ4v) is 1.55. The van der Waals surface area contributed by atoms with Crippen molar-refractivity contribution in [2.45, 2.75) is 6.61 Å². The van der Waals surface area contributed by atoms with Crippen molar-refractivity contribution in [3.63, 3.8) is 0 Å². The number of hydrogen-bond acceptors (Lipinski definition) is 5. The van der Waals surface area contributed by atoms with Crippen molar-refractivity contribution in [1.82, 2.24) is 9.55 Å². The Morgan fingerprint density at radius 3 is 2.89 bits per heavy atom. The fourth-order valence-electron chi connectivity index (χ4n) is 1.55. The summed E-state index contributed by atoms with van der Waals surface area (Å²) in [6, 6.07) is 3.90. The maximum absolute atomic E-state index is 10.9. The maximum atomic E-state index is 10.9. The number of rotatable bonds is 5. The summed E-state index contributed by atoms with van der Waals surface area (Å²) in [5, 5.41) is 10.6. The van der Waals surface area contributed by atoms with Gasteiger partial charge in [0.1, 0.15) is 12.4 Å². The van der Waals surface area contributed by atoms with Crippen LogP contribution in [-0.2, 0) is 13.7 Å². The molecule has 98 valence electrons. The van der Waals surface area contributed by atoms with E-state index in [0.29, 0.717) is 12.0 Å². The predicted octanol–water partition coefficient (Wildman–Crippen LogP) is 1.72. The lowest BCUT2D eigenvalue weighted by Gasteiger charge is -2.08. The Morgan fingerprint density at radius 1 is 1.53 bits per heavy atom. The van der Waals surface area contributed by atoms with Gasteiger partial charge in [0.25, 0.3) is 5.69 Å². The Balaban J connectivity index is 2.18. The van der Waals surface area contributed by atoms with Gasteiger partial charge >= 0.3 is 0 Å². The number of aldehydes is 1. The van der Waals surface area contributed by atoms with Crippen LogP contribution in [0.3, 0.4) is 0 Å². The highest BCUT2D eigenvalue weighted by atomic mass is 16.6. The van der Waals surface area contributed by atoms with E-state index in [1.54, 1.807) is 17.1 Å². The van der Waals surface area contributed by atoms with Gasteiger partial charge in [-0.1, -0.05) is 0 Å². The molecule has 0 aliphatic carbocycles. The number of non-ortho nitro benzene ring substituents is 1. The highest BCUT2D eigenvalue weighted by Gasteiger charge is 2.11. The first-order valence-electron chi connectivity index (χ1n) is 5.43. The van der Waals surface area contributed by atoms with Crippen LogP contribution >= 0.6 is 0 Å². The van der Waals surface area contributed by atoms with E-state index in [-0.39, 0.29) is 17.9 Å². The van der Waals surface area contributed by atoms with Crippen LogP contribution in [-0.4, -0.2) is 20.8 Å². The molecule has 2 aromatic rings. The molecule has 1 aromatic carbocycles. The summed E-state index contributed by atoms with van der Waals surface area (Å²) in [5.41, 5.74) is 0.835. The lowest BCUT2D eigenvalue weighted by atomic mass is 10.2. The number of ether oxygens (including phenoxy) is 1. The average Bonchev–Trinajstić information content (AvgIpc) is 2.81. The number of carbonyl (C=O) groups is 1. The molecule has 1 aromatic heterocycles. The van der Waals surface area contributed by atoms with Crippen molar-refractivity contribution >= 4 is 12.0 Å². The van der Waals surface area contributed by atoms with Crippen LogP contribution in [0.2, 0.25) is 0 Å². The highest BCUT2D eigenvalue weighted by Crippen LogP contribution is 2.23. The van der Waals surface area contributed by atoms with Crippen molar-refractivity contribution in [3.05, 3.63) is 52.1 Å². The van der Waals surface area contributed by atoms with Crippen molar-refractivity contribution < 1.29 is 14.5 Å². The molecule has 19 heavy (non-hydrogen) atoms. The summed E-state index contributed by atoms with van der Waals surface area (Å²) in [4.78, 5) is 24.9. The lowest BCUT2D eigenvalue weighted by Crippen LogP contribution is -2.03. The average molecular weight is 261 g/mol. The molecular weight excluding hydrogens is 250 g/mol. The molecule has 0 saturated carbocycles. The Hall–Kier alpha value is -2.70. The summed E-state index contributed by atoms with van der Waals surface area (Å²) in [5.74, 6) is 0.307. The maximum Gasteiger partial charge on any atom is 0.270 e.